The fourth-order valence-corrected chi connectivity index (χ4v) is 3.44. The summed E-state index contributed by atoms with van der Waals surface area (Å²) in [7, 11) is 0. The van der Waals surface area contributed by atoms with E-state index >= 15 is 0 Å². The number of furan rings is 1. The number of nitrogens with zero attached hydrogens (tertiary/aromatic N) is 4. The van der Waals surface area contributed by atoms with Crippen LogP contribution in [0.2, 0.25) is 0 Å². The highest BCUT2D eigenvalue weighted by Gasteiger charge is 2.15. The maximum absolute atomic E-state index is 12.6. The smallest absolute Gasteiger partial charge is 0.257 e. The van der Waals surface area contributed by atoms with Crippen molar-refractivity contribution in [2.24, 2.45) is 5.73 Å². The monoisotopic (exact) mass is 382 g/mol. The molecule has 4 rings (SSSR count). The van der Waals surface area contributed by atoms with Gasteiger partial charge in [0, 0.05) is 23.6 Å². The highest BCUT2D eigenvalue weighted by Crippen LogP contribution is 2.23. The molecule has 3 heterocycles. The second-order valence-corrected chi connectivity index (χ2v) is 6.76. The molecule has 0 bridgehead atoms. The minimum absolute atomic E-state index is 0.256. The van der Waals surface area contributed by atoms with E-state index in [1.165, 1.54) is 0 Å². The van der Waals surface area contributed by atoms with Gasteiger partial charge in [-0.15, -0.1) is 0 Å². The summed E-state index contributed by atoms with van der Waals surface area (Å²) in [6.07, 6.45) is 2.43. The third-order valence-electron chi connectivity index (χ3n) is 4.18. The van der Waals surface area contributed by atoms with E-state index in [-0.39, 0.29) is 5.91 Å². The van der Waals surface area contributed by atoms with Crippen molar-refractivity contribution >= 4 is 33.6 Å². The van der Waals surface area contributed by atoms with Gasteiger partial charge in [0.15, 0.2) is 5.76 Å². The highest BCUT2D eigenvalue weighted by molar-refractivity contribution is 7.10. The van der Waals surface area contributed by atoms with Crippen LogP contribution in [0.3, 0.4) is 0 Å². The number of amides is 1. The second-order valence-electron chi connectivity index (χ2n) is 6.01. The lowest BCUT2D eigenvalue weighted by Crippen LogP contribution is -2.11. The van der Waals surface area contributed by atoms with Crippen LogP contribution in [-0.2, 0) is 6.54 Å². The van der Waals surface area contributed by atoms with Gasteiger partial charge >= 0.3 is 0 Å². The van der Waals surface area contributed by atoms with Gasteiger partial charge < -0.3 is 14.7 Å². The Morgan fingerprint density at radius 1 is 1.33 bits per heavy atom. The van der Waals surface area contributed by atoms with Crippen molar-refractivity contribution in [1.29, 1.82) is 0 Å². The van der Waals surface area contributed by atoms with Crippen LogP contribution >= 0.6 is 11.5 Å². The normalized spacial score (nSPS) is 11.2. The molecule has 3 N–H and O–H groups in total. The first-order valence-electron chi connectivity index (χ1n) is 8.51. The molecule has 0 aliphatic heterocycles. The zero-order valence-electron chi connectivity index (χ0n) is 14.7. The van der Waals surface area contributed by atoms with Gasteiger partial charge in [-0.25, -0.2) is 4.98 Å². The van der Waals surface area contributed by atoms with Crippen molar-refractivity contribution in [2.75, 3.05) is 11.9 Å². The standard InChI is InChI=1S/C18H18N6O2S/c1-11-20-13-10-12(5-6-14(13)24(11)8-3-7-19)17(25)22-18-21-16(23-27-18)15-4-2-9-26-15/h2,4-6,9-10H,3,7-8,19H2,1H3,(H,21,22,23,25). The van der Waals surface area contributed by atoms with Crippen molar-refractivity contribution in [2.45, 2.75) is 19.9 Å². The Morgan fingerprint density at radius 3 is 3.00 bits per heavy atom. The number of anilines is 1. The average molecular weight is 382 g/mol. The van der Waals surface area contributed by atoms with Crippen molar-refractivity contribution in [3.63, 3.8) is 0 Å². The Bertz CT molecular complexity index is 1080. The molecule has 0 radical (unpaired) electrons. The van der Waals surface area contributed by atoms with Crippen molar-refractivity contribution in [3.05, 3.63) is 48.0 Å². The molecule has 138 valence electrons. The van der Waals surface area contributed by atoms with Gasteiger partial charge in [-0.05, 0) is 50.2 Å². The van der Waals surface area contributed by atoms with Gasteiger partial charge in [0.2, 0.25) is 11.0 Å². The Morgan fingerprint density at radius 2 is 2.22 bits per heavy atom. The number of nitrogens with two attached hydrogens (primary N) is 1. The fraction of sp³-hybridized carbons (Fsp3) is 0.222. The van der Waals surface area contributed by atoms with Gasteiger partial charge in [0.25, 0.3) is 5.91 Å². The van der Waals surface area contributed by atoms with Crippen LogP contribution in [0, 0.1) is 6.92 Å². The summed E-state index contributed by atoms with van der Waals surface area (Å²) in [6.45, 7) is 3.39. The maximum Gasteiger partial charge on any atom is 0.257 e. The molecule has 0 aliphatic rings. The second kappa shape index (κ2) is 7.29. The molecular formula is C18H18N6O2S. The van der Waals surface area contributed by atoms with Crippen LogP contribution in [-0.4, -0.2) is 31.4 Å². The molecule has 4 aromatic rings. The molecule has 0 atom stereocenters. The molecule has 0 aliphatic carbocycles. The molecule has 1 amide bonds. The van der Waals surface area contributed by atoms with E-state index in [1.807, 2.05) is 13.0 Å². The molecule has 8 nitrogen and oxygen atoms in total. The minimum Gasteiger partial charge on any atom is -0.461 e. The van der Waals surface area contributed by atoms with Crippen molar-refractivity contribution in [3.8, 4) is 11.6 Å². The molecular weight excluding hydrogens is 364 g/mol. The van der Waals surface area contributed by atoms with Crippen LogP contribution in [0.15, 0.2) is 41.0 Å². The third kappa shape index (κ3) is 3.46. The molecule has 3 aromatic heterocycles. The quantitative estimate of drug-likeness (QED) is 0.530. The predicted octanol–water partition coefficient (Wildman–Crippen LogP) is 3.06. The van der Waals surface area contributed by atoms with Crippen LogP contribution in [0.5, 0.6) is 0 Å². The van der Waals surface area contributed by atoms with Gasteiger partial charge in [0.05, 0.1) is 17.3 Å². The number of benzene rings is 1. The van der Waals surface area contributed by atoms with Crippen LogP contribution in [0.25, 0.3) is 22.6 Å². The number of imidazole rings is 1. The molecule has 0 saturated heterocycles. The fourth-order valence-electron chi connectivity index (χ4n) is 2.87. The maximum atomic E-state index is 12.6. The van der Waals surface area contributed by atoms with Crippen LogP contribution < -0.4 is 11.1 Å². The predicted molar refractivity (Wildman–Crippen MR) is 104 cm³/mol. The lowest BCUT2D eigenvalue weighted by molar-refractivity contribution is 0.102. The van der Waals surface area contributed by atoms with Gasteiger partial charge in [0.1, 0.15) is 5.82 Å². The number of aryl methyl sites for hydroxylation is 2. The SMILES string of the molecule is Cc1nc2cc(C(=O)Nc3nc(-c4ccco4)ns3)ccc2n1CCCN. The summed E-state index contributed by atoms with van der Waals surface area (Å²) in [6, 6.07) is 9.01. The zero-order valence-corrected chi connectivity index (χ0v) is 15.5. The zero-order chi connectivity index (χ0) is 18.8. The number of nitrogens with one attached hydrogen (secondary N) is 1. The van der Waals surface area contributed by atoms with Crippen molar-refractivity contribution < 1.29 is 9.21 Å². The number of carbonyl (C=O) groups excluding carboxylic acids is 1. The molecule has 0 fully saturated rings. The largest absolute Gasteiger partial charge is 0.461 e. The molecule has 9 heteroatoms. The summed E-state index contributed by atoms with van der Waals surface area (Å²) in [5, 5.41) is 3.19. The highest BCUT2D eigenvalue weighted by atomic mass is 32.1. The first kappa shape index (κ1) is 17.4. The summed E-state index contributed by atoms with van der Waals surface area (Å²) >= 11 is 1.11. The summed E-state index contributed by atoms with van der Waals surface area (Å²) in [4.78, 5) is 21.4. The van der Waals surface area contributed by atoms with E-state index in [0.717, 1.165) is 41.4 Å². The molecule has 0 spiro atoms. The first-order chi connectivity index (χ1) is 13.2. The number of hydrogen-bond acceptors (Lipinski definition) is 7. The van der Waals surface area contributed by atoms with Crippen LogP contribution in [0.1, 0.15) is 22.6 Å². The lowest BCUT2D eigenvalue weighted by Gasteiger charge is -2.06. The Labute approximate surface area is 159 Å². The summed E-state index contributed by atoms with van der Waals surface area (Å²) in [5.41, 5.74) is 7.90. The molecule has 27 heavy (non-hydrogen) atoms. The Kier molecular flexibility index (Phi) is 4.69. The summed E-state index contributed by atoms with van der Waals surface area (Å²) in [5.74, 6) is 1.66. The van der Waals surface area contributed by atoms with Gasteiger partial charge in [-0.1, -0.05) is 0 Å². The van der Waals surface area contributed by atoms with E-state index < -0.39 is 0 Å². The number of fused-ring (bicyclic) bond motifs is 1. The third-order valence-corrected chi connectivity index (χ3v) is 4.81. The van der Waals surface area contributed by atoms with E-state index in [2.05, 4.69) is 24.2 Å². The van der Waals surface area contributed by atoms with Gasteiger partial charge in [-0.2, -0.15) is 9.36 Å². The number of aromatic nitrogens is 4. The van der Waals surface area contributed by atoms with Gasteiger partial charge in [-0.3, -0.25) is 10.1 Å². The van der Waals surface area contributed by atoms with Crippen LogP contribution in [0.4, 0.5) is 5.13 Å². The topological polar surface area (TPSA) is 112 Å². The number of carbonyl (C=O) groups is 1. The Hall–Kier alpha value is -3.04. The van der Waals surface area contributed by atoms with E-state index in [1.54, 1.807) is 30.5 Å². The average Bonchev–Trinajstić information content (AvgIpc) is 3.39. The summed E-state index contributed by atoms with van der Waals surface area (Å²) < 4.78 is 11.6. The van der Waals surface area contributed by atoms with E-state index in [9.17, 15) is 4.79 Å². The Balaban J connectivity index is 1.54. The molecule has 1 aromatic carbocycles. The van der Waals surface area contributed by atoms with Crippen molar-refractivity contribution in [1.82, 2.24) is 18.9 Å². The first-order valence-corrected chi connectivity index (χ1v) is 9.29. The minimum atomic E-state index is -0.256. The van der Waals surface area contributed by atoms with E-state index in [0.29, 0.717) is 28.8 Å². The van der Waals surface area contributed by atoms with E-state index in [4.69, 9.17) is 10.2 Å². The lowest BCUT2D eigenvalue weighted by atomic mass is 10.2. The number of rotatable bonds is 6. The molecule has 0 saturated carbocycles. The molecule has 0 unspecified atom stereocenters. The number of hydrogen-bond donors (Lipinski definition) is 2.